The Balaban J connectivity index is 1.88. The smallest absolute Gasteiger partial charge is 0.200 e. The first-order chi connectivity index (χ1) is 12.5. The molecule has 26 heavy (non-hydrogen) atoms. The summed E-state index contributed by atoms with van der Waals surface area (Å²) in [5, 5.41) is 28.0. The predicted octanol–water partition coefficient (Wildman–Crippen LogP) is 5.71. The van der Waals surface area contributed by atoms with Crippen LogP contribution in [0.1, 0.15) is 78.1 Å². The maximum absolute atomic E-state index is 9.38. The van der Waals surface area contributed by atoms with E-state index in [9.17, 15) is 15.3 Å². The second-order valence-corrected chi connectivity index (χ2v) is 7.35. The van der Waals surface area contributed by atoms with E-state index in [4.69, 9.17) is 9.47 Å². The van der Waals surface area contributed by atoms with Gasteiger partial charge in [0.15, 0.2) is 18.3 Å². The number of aromatic hydroxyl groups is 3. The molecule has 0 fully saturated rings. The van der Waals surface area contributed by atoms with Gasteiger partial charge >= 0.3 is 0 Å². The maximum Gasteiger partial charge on any atom is 0.200 e. The minimum absolute atomic E-state index is 0.0556. The molecule has 0 saturated carbocycles. The highest BCUT2D eigenvalue weighted by molar-refractivity contribution is 5.53. The van der Waals surface area contributed by atoms with E-state index in [0.717, 1.165) is 18.8 Å². The molecule has 1 aromatic rings. The van der Waals surface area contributed by atoms with Gasteiger partial charge in [-0.1, -0.05) is 71.6 Å². The molecule has 0 radical (unpaired) electrons. The number of phenols is 3. The summed E-state index contributed by atoms with van der Waals surface area (Å²) in [6, 6.07) is 2.47. The van der Waals surface area contributed by atoms with Crippen LogP contribution < -0.4 is 4.74 Å². The number of hydrogen-bond acceptors (Lipinski definition) is 5. The lowest BCUT2D eigenvalue weighted by Gasteiger charge is -2.09. The fourth-order valence-corrected chi connectivity index (χ4v) is 2.83. The lowest BCUT2D eigenvalue weighted by Crippen LogP contribution is -2.04. The molecule has 0 saturated heterocycles. The Labute approximate surface area is 158 Å². The third-order valence-corrected chi connectivity index (χ3v) is 4.42. The SMILES string of the molecule is CC(C)CCCCCCCCCCCOCOc1cc(O)c(O)c(O)c1. The van der Waals surface area contributed by atoms with Gasteiger partial charge in [-0.05, 0) is 12.3 Å². The minimum atomic E-state index is -0.547. The van der Waals surface area contributed by atoms with E-state index in [1.165, 1.54) is 63.5 Å². The third-order valence-electron chi connectivity index (χ3n) is 4.42. The van der Waals surface area contributed by atoms with Crippen LogP contribution in [0.25, 0.3) is 0 Å². The summed E-state index contributed by atoms with van der Waals surface area (Å²) < 4.78 is 10.7. The zero-order valence-corrected chi connectivity index (χ0v) is 16.4. The molecule has 5 nitrogen and oxygen atoms in total. The van der Waals surface area contributed by atoms with Crippen LogP contribution in [0, 0.1) is 5.92 Å². The summed E-state index contributed by atoms with van der Waals surface area (Å²) in [6.45, 7) is 5.27. The Morgan fingerprint density at radius 2 is 1.27 bits per heavy atom. The first-order valence-electron chi connectivity index (χ1n) is 9.96. The van der Waals surface area contributed by atoms with E-state index in [2.05, 4.69) is 13.8 Å². The van der Waals surface area contributed by atoms with Crippen molar-refractivity contribution >= 4 is 0 Å². The van der Waals surface area contributed by atoms with Gasteiger partial charge in [0.05, 0.1) is 6.61 Å². The van der Waals surface area contributed by atoms with Crippen LogP contribution in [-0.4, -0.2) is 28.7 Å². The molecule has 5 heteroatoms. The number of hydrogen-bond donors (Lipinski definition) is 3. The Kier molecular flexibility index (Phi) is 11.7. The lowest BCUT2D eigenvalue weighted by molar-refractivity contribution is 0.0133. The largest absolute Gasteiger partial charge is 0.504 e. The highest BCUT2D eigenvalue weighted by Gasteiger charge is 2.08. The van der Waals surface area contributed by atoms with Gasteiger partial charge in [0, 0.05) is 12.1 Å². The topological polar surface area (TPSA) is 79.2 Å². The van der Waals surface area contributed by atoms with Crippen molar-refractivity contribution in [2.75, 3.05) is 13.4 Å². The van der Waals surface area contributed by atoms with Gasteiger partial charge in [0.25, 0.3) is 0 Å². The summed E-state index contributed by atoms with van der Waals surface area (Å²) >= 11 is 0. The molecule has 0 spiro atoms. The number of unbranched alkanes of at least 4 members (excludes halogenated alkanes) is 8. The Morgan fingerprint density at radius 3 is 1.81 bits per heavy atom. The number of benzene rings is 1. The average molecular weight is 369 g/mol. The molecule has 0 aromatic heterocycles. The molecule has 150 valence electrons. The van der Waals surface area contributed by atoms with Gasteiger partial charge < -0.3 is 24.8 Å². The Bertz CT molecular complexity index is 464. The second-order valence-electron chi connectivity index (χ2n) is 7.35. The van der Waals surface area contributed by atoms with Crippen molar-refractivity contribution in [1.29, 1.82) is 0 Å². The van der Waals surface area contributed by atoms with Crippen LogP contribution in [0.4, 0.5) is 0 Å². The summed E-state index contributed by atoms with van der Waals surface area (Å²) in [5.41, 5.74) is 0. The molecule has 0 bridgehead atoms. The van der Waals surface area contributed by atoms with E-state index in [0.29, 0.717) is 6.61 Å². The van der Waals surface area contributed by atoms with Crippen LogP contribution >= 0.6 is 0 Å². The zero-order valence-electron chi connectivity index (χ0n) is 16.4. The zero-order chi connectivity index (χ0) is 19.2. The first-order valence-corrected chi connectivity index (χ1v) is 9.96. The molecule has 1 rings (SSSR count). The minimum Gasteiger partial charge on any atom is -0.504 e. The monoisotopic (exact) mass is 368 g/mol. The van der Waals surface area contributed by atoms with E-state index < -0.39 is 17.2 Å². The van der Waals surface area contributed by atoms with Gasteiger partial charge in [-0.3, -0.25) is 0 Å². The van der Waals surface area contributed by atoms with Crippen LogP contribution in [0.3, 0.4) is 0 Å². The molecule has 0 amide bonds. The predicted molar refractivity (Wildman–Crippen MR) is 104 cm³/mol. The molecule has 0 heterocycles. The highest BCUT2D eigenvalue weighted by Crippen LogP contribution is 2.38. The van der Waals surface area contributed by atoms with Crippen molar-refractivity contribution in [3.63, 3.8) is 0 Å². The van der Waals surface area contributed by atoms with Gasteiger partial charge in [-0.15, -0.1) is 0 Å². The normalized spacial score (nSPS) is 11.2. The fraction of sp³-hybridized carbons (Fsp3) is 0.714. The van der Waals surface area contributed by atoms with Crippen molar-refractivity contribution in [2.24, 2.45) is 5.92 Å². The summed E-state index contributed by atoms with van der Waals surface area (Å²) in [7, 11) is 0. The van der Waals surface area contributed by atoms with Crippen molar-refractivity contribution in [2.45, 2.75) is 78.1 Å². The van der Waals surface area contributed by atoms with E-state index in [1.54, 1.807) is 0 Å². The van der Waals surface area contributed by atoms with E-state index in [1.807, 2.05) is 0 Å². The summed E-state index contributed by atoms with van der Waals surface area (Å²) in [6.07, 6.45) is 12.9. The molecule has 3 N–H and O–H groups in total. The van der Waals surface area contributed by atoms with Crippen LogP contribution in [-0.2, 0) is 4.74 Å². The average Bonchev–Trinajstić information content (AvgIpc) is 2.59. The highest BCUT2D eigenvalue weighted by atomic mass is 16.7. The third kappa shape index (κ3) is 10.4. The molecule has 1 aromatic carbocycles. The van der Waals surface area contributed by atoms with Gasteiger partial charge in [-0.25, -0.2) is 0 Å². The summed E-state index contributed by atoms with van der Waals surface area (Å²) in [4.78, 5) is 0. The standard InChI is InChI=1S/C21H36O5/c1-17(2)12-10-8-6-4-3-5-7-9-11-13-25-16-26-18-14-19(22)21(24)20(23)15-18/h14-15,17,22-24H,3-13,16H2,1-2H3. The Morgan fingerprint density at radius 1 is 0.769 bits per heavy atom. The Hall–Kier alpha value is -1.62. The van der Waals surface area contributed by atoms with Gasteiger partial charge in [-0.2, -0.15) is 0 Å². The van der Waals surface area contributed by atoms with Crippen molar-refractivity contribution in [1.82, 2.24) is 0 Å². The molecule has 0 aliphatic rings. The lowest BCUT2D eigenvalue weighted by atomic mass is 10.0. The van der Waals surface area contributed by atoms with Crippen LogP contribution in [0.15, 0.2) is 12.1 Å². The molecule has 0 aliphatic heterocycles. The quantitative estimate of drug-likeness (QED) is 0.210. The van der Waals surface area contributed by atoms with E-state index in [-0.39, 0.29) is 12.5 Å². The van der Waals surface area contributed by atoms with Crippen LogP contribution in [0.2, 0.25) is 0 Å². The number of phenolic OH excluding ortho intramolecular Hbond substituents is 3. The molecular weight excluding hydrogens is 332 g/mol. The summed E-state index contributed by atoms with van der Waals surface area (Å²) in [5.74, 6) is -0.289. The fourth-order valence-electron chi connectivity index (χ4n) is 2.83. The van der Waals surface area contributed by atoms with Crippen molar-refractivity contribution in [3.05, 3.63) is 12.1 Å². The van der Waals surface area contributed by atoms with Crippen molar-refractivity contribution < 1.29 is 24.8 Å². The van der Waals surface area contributed by atoms with E-state index >= 15 is 0 Å². The second kappa shape index (κ2) is 13.6. The van der Waals surface area contributed by atoms with Gasteiger partial charge in [0.2, 0.25) is 5.75 Å². The first kappa shape index (κ1) is 22.4. The van der Waals surface area contributed by atoms with Crippen LogP contribution in [0.5, 0.6) is 23.0 Å². The van der Waals surface area contributed by atoms with Crippen molar-refractivity contribution in [3.8, 4) is 23.0 Å². The molecule has 0 unspecified atom stereocenters. The molecular formula is C21H36O5. The molecule has 0 atom stereocenters. The maximum atomic E-state index is 9.38. The number of rotatable bonds is 15. The molecule has 0 aliphatic carbocycles. The van der Waals surface area contributed by atoms with Gasteiger partial charge in [0.1, 0.15) is 5.75 Å². The number of ether oxygens (including phenoxy) is 2.